The summed E-state index contributed by atoms with van der Waals surface area (Å²) in [5.74, 6) is 6.43. The van der Waals surface area contributed by atoms with Gasteiger partial charge in [-0.05, 0) is 31.0 Å². The predicted octanol–water partition coefficient (Wildman–Crippen LogP) is 4.14. The van der Waals surface area contributed by atoms with E-state index in [-0.39, 0.29) is 0 Å². The molecular weight excluding hydrogens is 370 g/mol. The summed E-state index contributed by atoms with van der Waals surface area (Å²) in [5.41, 5.74) is 3.75. The molecule has 0 radical (unpaired) electrons. The molecule has 1 saturated carbocycles. The zero-order valence-electron chi connectivity index (χ0n) is 10.8. The van der Waals surface area contributed by atoms with E-state index in [4.69, 9.17) is 10.8 Å². The number of benzene rings is 1. The smallest absolute Gasteiger partial charge is 0.143 e. The summed E-state index contributed by atoms with van der Waals surface area (Å²) in [6, 6.07) is 6.41. The number of nitrogens with two attached hydrogens (primary N) is 1. The number of hydrazine groups is 1. The fourth-order valence-electron chi connectivity index (χ4n) is 2.43. The summed E-state index contributed by atoms with van der Waals surface area (Å²) in [7, 11) is 0. The highest BCUT2D eigenvalue weighted by atomic mass is 79.9. The van der Waals surface area contributed by atoms with Gasteiger partial charge >= 0.3 is 0 Å². The van der Waals surface area contributed by atoms with Crippen LogP contribution in [-0.4, -0.2) is 11.9 Å². The Morgan fingerprint density at radius 3 is 2.47 bits per heavy atom. The van der Waals surface area contributed by atoms with Crippen LogP contribution in [0.3, 0.4) is 0 Å². The molecule has 104 valence electrons. The van der Waals surface area contributed by atoms with Crippen molar-refractivity contribution in [2.75, 3.05) is 0 Å². The molecule has 0 unspecified atom stereocenters. The molecule has 0 spiro atoms. The van der Waals surface area contributed by atoms with Gasteiger partial charge in [0.2, 0.25) is 0 Å². The van der Waals surface area contributed by atoms with Crippen LogP contribution in [0.5, 0.6) is 0 Å². The second-order valence-electron chi connectivity index (χ2n) is 4.89. The fourth-order valence-corrected chi connectivity index (χ4v) is 3.23. The van der Waals surface area contributed by atoms with Gasteiger partial charge in [0.15, 0.2) is 0 Å². The number of hydrogen-bond donors (Lipinski definition) is 2. The quantitative estimate of drug-likeness (QED) is 0.263. The van der Waals surface area contributed by atoms with Crippen molar-refractivity contribution in [3.8, 4) is 0 Å². The molecule has 0 aliphatic heterocycles. The van der Waals surface area contributed by atoms with Gasteiger partial charge in [-0.1, -0.05) is 57.5 Å². The highest BCUT2D eigenvalue weighted by molar-refractivity contribution is 9.11. The maximum absolute atomic E-state index is 5.66. The first-order chi connectivity index (χ1) is 9.20. The molecule has 1 aliphatic carbocycles. The SMILES string of the molecule is NNC(=NC1CCCCCC1)c1cc(Br)ccc1Br. The monoisotopic (exact) mass is 387 g/mol. The zero-order chi connectivity index (χ0) is 13.7. The summed E-state index contributed by atoms with van der Waals surface area (Å²) in [4.78, 5) is 4.82. The third kappa shape index (κ3) is 4.29. The first kappa shape index (κ1) is 15.0. The Bertz CT molecular complexity index is 452. The molecule has 0 atom stereocenters. The minimum atomic E-state index is 0.388. The fraction of sp³-hybridized carbons (Fsp3) is 0.500. The molecular formula is C14H19Br2N3. The van der Waals surface area contributed by atoms with Crippen LogP contribution >= 0.6 is 31.9 Å². The molecule has 1 aromatic carbocycles. The van der Waals surface area contributed by atoms with E-state index in [1.54, 1.807) is 0 Å². The van der Waals surface area contributed by atoms with Crippen molar-refractivity contribution in [3.63, 3.8) is 0 Å². The highest BCUT2D eigenvalue weighted by Gasteiger charge is 2.14. The summed E-state index contributed by atoms with van der Waals surface area (Å²) in [5, 5.41) is 0. The van der Waals surface area contributed by atoms with Gasteiger partial charge in [-0.25, -0.2) is 5.84 Å². The second kappa shape index (κ2) is 7.41. The third-order valence-electron chi connectivity index (χ3n) is 3.46. The lowest BCUT2D eigenvalue weighted by Crippen LogP contribution is -2.32. The van der Waals surface area contributed by atoms with Crippen LogP contribution in [0, 0.1) is 0 Å². The van der Waals surface area contributed by atoms with Crippen molar-refractivity contribution in [1.82, 2.24) is 5.43 Å². The van der Waals surface area contributed by atoms with Crippen molar-refractivity contribution >= 4 is 37.7 Å². The second-order valence-corrected chi connectivity index (χ2v) is 6.66. The summed E-state index contributed by atoms with van der Waals surface area (Å²) in [6.07, 6.45) is 7.53. The van der Waals surface area contributed by atoms with E-state index in [2.05, 4.69) is 37.3 Å². The van der Waals surface area contributed by atoms with E-state index >= 15 is 0 Å². The third-order valence-corrected chi connectivity index (χ3v) is 4.64. The topological polar surface area (TPSA) is 50.4 Å². The molecule has 3 nitrogen and oxygen atoms in total. The van der Waals surface area contributed by atoms with Crippen LogP contribution in [-0.2, 0) is 0 Å². The van der Waals surface area contributed by atoms with Crippen LogP contribution in [0.25, 0.3) is 0 Å². The van der Waals surface area contributed by atoms with E-state index in [1.807, 2.05) is 18.2 Å². The van der Waals surface area contributed by atoms with Crippen molar-refractivity contribution in [3.05, 3.63) is 32.7 Å². The van der Waals surface area contributed by atoms with Crippen molar-refractivity contribution in [2.24, 2.45) is 10.8 Å². The molecule has 3 N–H and O–H groups in total. The molecule has 0 saturated heterocycles. The van der Waals surface area contributed by atoms with Gasteiger partial charge in [0, 0.05) is 14.5 Å². The number of aliphatic imine (C=N–C) groups is 1. The maximum Gasteiger partial charge on any atom is 0.143 e. The molecule has 19 heavy (non-hydrogen) atoms. The highest BCUT2D eigenvalue weighted by Crippen LogP contribution is 2.24. The minimum absolute atomic E-state index is 0.388. The van der Waals surface area contributed by atoms with Gasteiger partial charge in [0.25, 0.3) is 0 Å². The van der Waals surface area contributed by atoms with E-state index in [0.29, 0.717) is 6.04 Å². The summed E-state index contributed by atoms with van der Waals surface area (Å²) in [6.45, 7) is 0. The van der Waals surface area contributed by atoms with Gasteiger partial charge in [0.1, 0.15) is 5.84 Å². The number of amidine groups is 1. The molecule has 1 aromatic rings. The molecule has 0 bridgehead atoms. The number of nitrogens with zero attached hydrogens (tertiary/aromatic N) is 1. The molecule has 1 fully saturated rings. The zero-order valence-corrected chi connectivity index (χ0v) is 14.0. The Labute approximate surface area is 131 Å². The van der Waals surface area contributed by atoms with Crippen LogP contribution < -0.4 is 11.3 Å². The van der Waals surface area contributed by atoms with Crippen molar-refractivity contribution < 1.29 is 0 Å². The minimum Gasteiger partial charge on any atom is -0.308 e. The van der Waals surface area contributed by atoms with E-state index in [0.717, 1.165) is 33.2 Å². The van der Waals surface area contributed by atoms with Crippen molar-refractivity contribution in [1.29, 1.82) is 0 Å². The number of nitrogens with one attached hydrogen (secondary N) is 1. The molecule has 1 aliphatic rings. The Hall–Kier alpha value is -0.390. The van der Waals surface area contributed by atoms with E-state index in [1.165, 1.54) is 25.7 Å². The van der Waals surface area contributed by atoms with Crippen molar-refractivity contribution in [2.45, 2.75) is 44.6 Å². The Balaban J connectivity index is 2.24. The Morgan fingerprint density at radius 1 is 1.16 bits per heavy atom. The van der Waals surface area contributed by atoms with Gasteiger partial charge in [0.05, 0.1) is 6.04 Å². The Morgan fingerprint density at radius 2 is 1.84 bits per heavy atom. The number of hydrogen-bond acceptors (Lipinski definition) is 2. The molecule has 2 rings (SSSR count). The molecule has 5 heteroatoms. The van der Waals surface area contributed by atoms with Gasteiger partial charge < -0.3 is 5.43 Å². The Kier molecular flexibility index (Phi) is 5.85. The maximum atomic E-state index is 5.66. The van der Waals surface area contributed by atoms with Gasteiger partial charge in [-0.2, -0.15) is 0 Å². The van der Waals surface area contributed by atoms with E-state index in [9.17, 15) is 0 Å². The molecule has 0 amide bonds. The summed E-state index contributed by atoms with van der Waals surface area (Å²) >= 11 is 7.04. The average molecular weight is 389 g/mol. The molecule has 0 heterocycles. The predicted molar refractivity (Wildman–Crippen MR) is 87.2 cm³/mol. The van der Waals surface area contributed by atoms with Gasteiger partial charge in [-0.15, -0.1) is 0 Å². The number of rotatable bonds is 2. The lowest BCUT2D eigenvalue weighted by atomic mass is 10.1. The van der Waals surface area contributed by atoms with Gasteiger partial charge in [-0.3, -0.25) is 4.99 Å². The van der Waals surface area contributed by atoms with Crippen LogP contribution in [0.1, 0.15) is 44.1 Å². The standard InChI is InChI=1S/C14H19Br2N3/c15-10-7-8-13(16)12(9-10)14(19-17)18-11-5-3-1-2-4-6-11/h7-9,11H,1-6,17H2,(H,18,19). The van der Waals surface area contributed by atoms with Crippen LogP contribution in [0.2, 0.25) is 0 Å². The summed E-state index contributed by atoms with van der Waals surface area (Å²) < 4.78 is 2.02. The number of halogens is 2. The lowest BCUT2D eigenvalue weighted by Gasteiger charge is -2.14. The first-order valence-electron chi connectivity index (χ1n) is 6.70. The normalized spacial score (nSPS) is 18.2. The molecule has 0 aromatic heterocycles. The van der Waals surface area contributed by atoms with Crippen LogP contribution in [0.15, 0.2) is 32.1 Å². The average Bonchev–Trinajstić information content (AvgIpc) is 2.67. The first-order valence-corrected chi connectivity index (χ1v) is 8.29. The van der Waals surface area contributed by atoms with Crippen LogP contribution in [0.4, 0.5) is 0 Å². The van der Waals surface area contributed by atoms with E-state index < -0.39 is 0 Å². The largest absolute Gasteiger partial charge is 0.308 e. The lowest BCUT2D eigenvalue weighted by molar-refractivity contribution is 0.583.